The molecule has 0 aliphatic heterocycles. The van der Waals surface area contributed by atoms with Crippen LogP contribution in [-0.2, 0) is 0 Å². The number of nitrogens with two attached hydrogens (primary N) is 1. The molecule has 56 valence electrons. The fourth-order valence-corrected chi connectivity index (χ4v) is 2.25. The highest BCUT2D eigenvalue weighted by molar-refractivity contribution is 8.01. The van der Waals surface area contributed by atoms with Crippen molar-refractivity contribution in [3.05, 3.63) is 17.5 Å². The van der Waals surface area contributed by atoms with E-state index in [-0.39, 0.29) is 0 Å². The first kappa shape index (κ1) is 8.11. The molecule has 0 amide bonds. The second-order valence-corrected chi connectivity index (χ2v) is 4.49. The maximum Gasteiger partial charge on any atom is 0.0599 e. The molecule has 1 nitrogen and oxygen atoms in total. The molecular formula is C7H11NS2. The molecule has 3 heteroatoms. The molecule has 0 aromatic carbocycles. The van der Waals surface area contributed by atoms with Crippen LogP contribution in [0, 0.1) is 0 Å². The minimum absolute atomic E-state index is 0.298. The van der Waals surface area contributed by atoms with Gasteiger partial charge in [-0.05, 0) is 18.4 Å². The van der Waals surface area contributed by atoms with Crippen molar-refractivity contribution >= 4 is 23.1 Å². The van der Waals surface area contributed by atoms with Crippen LogP contribution in [0.5, 0.6) is 0 Å². The van der Waals surface area contributed by atoms with Gasteiger partial charge in [-0.2, -0.15) is 0 Å². The summed E-state index contributed by atoms with van der Waals surface area (Å²) < 4.78 is 1.36. The predicted octanol–water partition coefficient (Wildman–Crippen LogP) is 2.19. The lowest BCUT2D eigenvalue weighted by molar-refractivity contribution is 0.848. The summed E-state index contributed by atoms with van der Waals surface area (Å²) in [4.78, 5) is 0. The van der Waals surface area contributed by atoms with Gasteiger partial charge in [0.2, 0.25) is 0 Å². The molecule has 0 aliphatic rings. The molecule has 0 spiro atoms. The Kier molecular flexibility index (Phi) is 3.25. The SMILES string of the molecule is C[C@H](N)CSc1cccs1. The molecule has 1 rings (SSSR count). The van der Waals surface area contributed by atoms with Gasteiger partial charge in [0.1, 0.15) is 0 Å². The maximum absolute atomic E-state index is 5.59. The van der Waals surface area contributed by atoms with Gasteiger partial charge in [-0.1, -0.05) is 6.07 Å². The van der Waals surface area contributed by atoms with E-state index in [2.05, 4.69) is 17.5 Å². The Bertz CT molecular complexity index is 170. The average Bonchev–Trinajstić information content (AvgIpc) is 2.34. The molecule has 1 atom stereocenters. The van der Waals surface area contributed by atoms with Gasteiger partial charge in [0, 0.05) is 11.8 Å². The monoisotopic (exact) mass is 173 g/mol. The summed E-state index contributed by atoms with van der Waals surface area (Å²) >= 11 is 3.60. The van der Waals surface area contributed by atoms with Crippen molar-refractivity contribution in [3.63, 3.8) is 0 Å². The Balaban J connectivity index is 2.28. The van der Waals surface area contributed by atoms with Crippen LogP contribution in [0.3, 0.4) is 0 Å². The molecule has 0 fully saturated rings. The van der Waals surface area contributed by atoms with Crippen LogP contribution in [0.1, 0.15) is 6.92 Å². The Morgan fingerprint density at radius 1 is 1.80 bits per heavy atom. The van der Waals surface area contributed by atoms with Crippen molar-refractivity contribution in [1.29, 1.82) is 0 Å². The van der Waals surface area contributed by atoms with Gasteiger partial charge in [0.25, 0.3) is 0 Å². The molecule has 0 bridgehead atoms. The van der Waals surface area contributed by atoms with Crippen LogP contribution in [-0.4, -0.2) is 11.8 Å². The first-order valence-electron chi connectivity index (χ1n) is 3.21. The van der Waals surface area contributed by atoms with E-state index in [0.717, 1.165) is 5.75 Å². The van der Waals surface area contributed by atoms with E-state index in [1.807, 2.05) is 18.7 Å². The molecule has 0 radical (unpaired) electrons. The lowest BCUT2D eigenvalue weighted by Crippen LogP contribution is -2.17. The van der Waals surface area contributed by atoms with Gasteiger partial charge < -0.3 is 5.73 Å². The summed E-state index contributed by atoms with van der Waals surface area (Å²) in [6.07, 6.45) is 0. The van der Waals surface area contributed by atoms with Crippen molar-refractivity contribution in [2.24, 2.45) is 5.73 Å². The fourth-order valence-electron chi connectivity index (χ4n) is 0.559. The predicted molar refractivity (Wildman–Crippen MR) is 48.7 cm³/mol. The summed E-state index contributed by atoms with van der Waals surface area (Å²) in [5.41, 5.74) is 5.59. The molecule has 2 N–H and O–H groups in total. The first-order valence-corrected chi connectivity index (χ1v) is 5.07. The highest BCUT2D eigenvalue weighted by atomic mass is 32.2. The summed E-state index contributed by atoms with van der Waals surface area (Å²) in [7, 11) is 0. The van der Waals surface area contributed by atoms with Crippen LogP contribution in [0.25, 0.3) is 0 Å². The molecule has 0 saturated carbocycles. The maximum atomic E-state index is 5.59. The zero-order valence-electron chi connectivity index (χ0n) is 5.91. The molecule has 0 aliphatic carbocycles. The average molecular weight is 173 g/mol. The Morgan fingerprint density at radius 2 is 2.60 bits per heavy atom. The van der Waals surface area contributed by atoms with Gasteiger partial charge in [-0.25, -0.2) is 0 Å². The van der Waals surface area contributed by atoms with E-state index < -0.39 is 0 Å². The Labute approximate surface area is 69.6 Å². The first-order chi connectivity index (χ1) is 4.79. The largest absolute Gasteiger partial charge is 0.327 e. The van der Waals surface area contributed by atoms with Gasteiger partial charge in [-0.15, -0.1) is 23.1 Å². The minimum Gasteiger partial charge on any atom is -0.327 e. The van der Waals surface area contributed by atoms with E-state index in [0.29, 0.717) is 6.04 Å². The number of rotatable bonds is 3. The van der Waals surface area contributed by atoms with E-state index in [1.54, 1.807) is 11.3 Å². The number of thiophene rings is 1. The highest BCUT2D eigenvalue weighted by Crippen LogP contribution is 2.23. The smallest absolute Gasteiger partial charge is 0.0599 e. The van der Waals surface area contributed by atoms with Gasteiger partial charge >= 0.3 is 0 Å². The van der Waals surface area contributed by atoms with Crippen LogP contribution in [0.4, 0.5) is 0 Å². The zero-order chi connectivity index (χ0) is 7.40. The van der Waals surface area contributed by atoms with Crippen molar-refractivity contribution in [2.45, 2.75) is 17.2 Å². The summed E-state index contributed by atoms with van der Waals surface area (Å²) in [5, 5.41) is 2.09. The second-order valence-electron chi connectivity index (χ2n) is 2.22. The minimum atomic E-state index is 0.298. The highest BCUT2D eigenvalue weighted by Gasteiger charge is 1.96. The van der Waals surface area contributed by atoms with Crippen LogP contribution in [0.2, 0.25) is 0 Å². The third-order valence-corrected chi connectivity index (χ3v) is 3.40. The van der Waals surface area contributed by atoms with Gasteiger partial charge in [0.15, 0.2) is 0 Å². The third-order valence-electron chi connectivity index (χ3n) is 0.984. The van der Waals surface area contributed by atoms with E-state index in [9.17, 15) is 0 Å². The standard InChI is InChI=1S/C7H11NS2/c1-6(8)5-10-7-3-2-4-9-7/h2-4,6H,5,8H2,1H3/t6-/m0/s1. The van der Waals surface area contributed by atoms with Crippen molar-refractivity contribution in [2.75, 3.05) is 5.75 Å². The molecule has 0 unspecified atom stereocenters. The van der Waals surface area contributed by atoms with Gasteiger partial charge in [-0.3, -0.25) is 0 Å². The zero-order valence-corrected chi connectivity index (χ0v) is 7.54. The number of hydrogen-bond acceptors (Lipinski definition) is 3. The topological polar surface area (TPSA) is 26.0 Å². The summed E-state index contributed by atoms with van der Waals surface area (Å²) in [5.74, 6) is 1.01. The lowest BCUT2D eigenvalue weighted by Gasteiger charge is -2.00. The van der Waals surface area contributed by atoms with Crippen molar-refractivity contribution < 1.29 is 0 Å². The second kappa shape index (κ2) is 4.01. The van der Waals surface area contributed by atoms with Gasteiger partial charge in [0.05, 0.1) is 4.21 Å². The normalized spacial score (nSPS) is 13.4. The quantitative estimate of drug-likeness (QED) is 0.709. The van der Waals surface area contributed by atoms with Crippen molar-refractivity contribution in [3.8, 4) is 0 Å². The van der Waals surface area contributed by atoms with E-state index in [4.69, 9.17) is 5.73 Å². The molecule has 10 heavy (non-hydrogen) atoms. The van der Waals surface area contributed by atoms with Crippen molar-refractivity contribution in [1.82, 2.24) is 0 Å². The molecule has 0 saturated heterocycles. The third kappa shape index (κ3) is 2.73. The van der Waals surface area contributed by atoms with E-state index >= 15 is 0 Å². The number of thioether (sulfide) groups is 1. The summed E-state index contributed by atoms with van der Waals surface area (Å²) in [6, 6.07) is 4.48. The molecular weight excluding hydrogens is 162 g/mol. The molecule has 1 heterocycles. The summed E-state index contributed by atoms with van der Waals surface area (Å²) in [6.45, 7) is 2.03. The fraction of sp³-hybridized carbons (Fsp3) is 0.429. The van der Waals surface area contributed by atoms with Crippen LogP contribution >= 0.6 is 23.1 Å². The Morgan fingerprint density at radius 3 is 3.10 bits per heavy atom. The van der Waals surface area contributed by atoms with E-state index in [1.165, 1.54) is 4.21 Å². The number of hydrogen-bond donors (Lipinski definition) is 1. The van der Waals surface area contributed by atoms with Crippen LogP contribution < -0.4 is 5.73 Å². The lowest BCUT2D eigenvalue weighted by atomic mass is 10.4. The van der Waals surface area contributed by atoms with Crippen LogP contribution in [0.15, 0.2) is 21.7 Å². The Hall–Kier alpha value is 0.01000. The molecule has 1 aromatic heterocycles. The molecule has 1 aromatic rings.